The van der Waals surface area contributed by atoms with Crippen LogP contribution in [0.5, 0.6) is 5.75 Å². The Labute approximate surface area is 116 Å². The number of hydrogen-bond donors (Lipinski definition) is 1. The standard InChI is InChI=1S/C15H13ClFNO/c1-9-4-2-3-5-11(9)14-8-18-13-7-10(17)6-12(16)15(13)19-14/h2-7,14,18H,8H2,1H3. The van der Waals surface area contributed by atoms with E-state index in [0.29, 0.717) is 23.0 Å². The summed E-state index contributed by atoms with van der Waals surface area (Å²) in [5.74, 6) is 0.150. The number of hydrogen-bond acceptors (Lipinski definition) is 2. The van der Waals surface area contributed by atoms with E-state index in [1.807, 2.05) is 31.2 Å². The smallest absolute Gasteiger partial charge is 0.162 e. The molecule has 0 saturated heterocycles. The fraction of sp³-hybridized carbons (Fsp3) is 0.200. The number of benzene rings is 2. The van der Waals surface area contributed by atoms with E-state index in [2.05, 4.69) is 5.32 Å². The molecule has 2 aromatic carbocycles. The van der Waals surface area contributed by atoms with Gasteiger partial charge in [0.25, 0.3) is 0 Å². The van der Waals surface area contributed by atoms with Gasteiger partial charge in [-0.3, -0.25) is 0 Å². The van der Waals surface area contributed by atoms with E-state index in [1.165, 1.54) is 12.1 Å². The van der Waals surface area contributed by atoms with E-state index in [0.717, 1.165) is 11.1 Å². The molecular formula is C15H13ClFNO. The molecule has 98 valence electrons. The van der Waals surface area contributed by atoms with Gasteiger partial charge < -0.3 is 10.1 Å². The molecule has 0 aromatic heterocycles. The summed E-state index contributed by atoms with van der Waals surface area (Å²) in [7, 11) is 0. The summed E-state index contributed by atoms with van der Waals surface area (Å²) in [4.78, 5) is 0. The predicted octanol–water partition coefficient (Wildman–Crippen LogP) is 4.33. The van der Waals surface area contributed by atoms with Crippen molar-refractivity contribution in [3.05, 3.63) is 58.4 Å². The van der Waals surface area contributed by atoms with Crippen LogP contribution in [0.25, 0.3) is 0 Å². The second kappa shape index (κ2) is 4.74. The van der Waals surface area contributed by atoms with Crippen LogP contribution in [0, 0.1) is 12.7 Å². The summed E-state index contributed by atoms with van der Waals surface area (Å²) in [6, 6.07) is 10.7. The maximum Gasteiger partial charge on any atom is 0.162 e. The monoisotopic (exact) mass is 277 g/mol. The second-order valence-corrected chi connectivity index (χ2v) is 5.02. The van der Waals surface area contributed by atoms with Crippen LogP contribution in [0.3, 0.4) is 0 Å². The van der Waals surface area contributed by atoms with Crippen LogP contribution in [0.15, 0.2) is 36.4 Å². The van der Waals surface area contributed by atoms with Crippen LogP contribution < -0.4 is 10.1 Å². The zero-order chi connectivity index (χ0) is 13.4. The zero-order valence-electron chi connectivity index (χ0n) is 10.4. The first-order chi connectivity index (χ1) is 9.15. The zero-order valence-corrected chi connectivity index (χ0v) is 11.2. The van der Waals surface area contributed by atoms with Crippen molar-refractivity contribution < 1.29 is 9.13 Å². The number of anilines is 1. The minimum atomic E-state index is -0.366. The van der Waals surface area contributed by atoms with Crippen molar-refractivity contribution in [3.63, 3.8) is 0 Å². The first-order valence-corrected chi connectivity index (χ1v) is 6.48. The predicted molar refractivity (Wildman–Crippen MR) is 74.4 cm³/mol. The van der Waals surface area contributed by atoms with Crippen molar-refractivity contribution in [2.24, 2.45) is 0 Å². The number of rotatable bonds is 1. The van der Waals surface area contributed by atoms with E-state index in [9.17, 15) is 4.39 Å². The first-order valence-electron chi connectivity index (χ1n) is 6.10. The molecule has 0 fully saturated rings. The van der Waals surface area contributed by atoms with Gasteiger partial charge in [0.2, 0.25) is 0 Å². The molecule has 4 heteroatoms. The molecule has 0 aliphatic carbocycles. The molecule has 1 atom stereocenters. The number of aryl methyl sites for hydroxylation is 1. The van der Waals surface area contributed by atoms with E-state index in [-0.39, 0.29) is 11.9 Å². The van der Waals surface area contributed by atoms with Crippen molar-refractivity contribution in [1.29, 1.82) is 0 Å². The van der Waals surface area contributed by atoms with Gasteiger partial charge in [-0.15, -0.1) is 0 Å². The SMILES string of the molecule is Cc1ccccc1C1CNc2cc(F)cc(Cl)c2O1. The molecule has 0 amide bonds. The van der Waals surface area contributed by atoms with Crippen LogP contribution in [0.1, 0.15) is 17.2 Å². The number of fused-ring (bicyclic) bond motifs is 1. The average Bonchev–Trinajstić information content (AvgIpc) is 2.39. The van der Waals surface area contributed by atoms with E-state index < -0.39 is 0 Å². The van der Waals surface area contributed by atoms with Gasteiger partial charge in [0.15, 0.2) is 5.75 Å². The van der Waals surface area contributed by atoms with E-state index >= 15 is 0 Å². The van der Waals surface area contributed by atoms with Crippen molar-refractivity contribution in [2.75, 3.05) is 11.9 Å². The van der Waals surface area contributed by atoms with Gasteiger partial charge in [-0.2, -0.15) is 0 Å². The number of ether oxygens (including phenoxy) is 1. The van der Waals surface area contributed by atoms with Gasteiger partial charge in [-0.05, 0) is 24.1 Å². The summed E-state index contributed by atoms with van der Waals surface area (Å²) in [5.41, 5.74) is 2.88. The van der Waals surface area contributed by atoms with Crippen LogP contribution in [-0.4, -0.2) is 6.54 Å². The van der Waals surface area contributed by atoms with E-state index in [4.69, 9.17) is 16.3 Å². The minimum absolute atomic E-state index is 0.114. The highest BCUT2D eigenvalue weighted by molar-refractivity contribution is 6.32. The average molecular weight is 278 g/mol. The highest BCUT2D eigenvalue weighted by Gasteiger charge is 2.24. The first kappa shape index (κ1) is 12.3. The molecule has 0 saturated carbocycles. The Morgan fingerprint density at radius 3 is 2.89 bits per heavy atom. The molecular weight excluding hydrogens is 265 g/mol. The third kappa shape index (κ3) is 2.26. The summed E-state index contributed by atoms with van der Waals surface area (Å²) in [6.45, 7) is 2.64. The van der Waals surface area contributed by atoms with Crippen LogP contribution in [-0.2, 0) is 0 Å². The highest BCUT2D eigenvalue weighted by Crippen LogP contribution is 2.40. The molecule has 19 heavy (non-hydrogen) atoms. The molecule has 2 aromatic rings. The van der Waals surface area contributed by atoms with Gasteiger partial charge in [0.1, 0.15) is 11.9 Å². The normalized spacial score (nSPS) is 17.3. The van der Waals surface area contributed by atoms with Gasteiger partial charge in [-0.1, -0.05) is 35.9 Å². The molecule has 1 heterocycles. The van der Waals surface area contributed by atoms with Crippen molar-refractivity contribution in [2.45, 2.75) is 13.0 Å². The quantitative estimate of drug-likeness (QED) is 0.837. The molecule has 2 nitrogen and oxygen atoms in total. The molecule has 1 aliphatic rings. The third-order valence-corrected chi connectivity index (χ3v) is 3.56. The summed E-state index contributed by atoms with van der Waals surface area (Å²) in [5, 5.41) is 3.46. The molecule has 3 rings (SSSR count). The Bertz CT molecular complexity index is 630. The minimum Gasteiger partial charge on any atom is -0.480 e. The van der Waals surface area contributed by atoms with Crippen molar-refractivity contribution in [1.82, 2.24) is 0 Å². The molecule has 0 radical (unpaired) electrons. The lowest BCUT2D eigenvalue weighted by Crippen LogP contribution is -2.24. The fourth-order valence-electron chi connectivity index (χ4n) is 2.32. The van der Waals surface area contributed by atoms with Gasteiger partial charge in [-0.25, -0.2) is 4.39 Å². The van der Waals surface area contributed by atoms with Crippen LogP contribution >= 0.6 is 11.6 Å². The lowest BCUT2D eigenvalue weighted by Gasteiger charge is -2.29. The van der Waals surface area contributed by atoms with Crippen molar-refractivity contribution >= 4 is 17.3 Å². The number of nitrogens with one attached hydrogen (secondary N) is 1. The summed E-state index contributed by atoms with van der Waals surface area (Å²) < 4.78 is 19.2. The Morgan fingerprint density at radius 2 is 2.11 bits per heavy atom. The van der Waals surface area contributed by atoms with Gasteiger partial charge >= 0.3 is 0 Å². The van der Waals surface area contributed by atoms with Gasteiger partial charge in [0, 0.05) is 6.07 Å². The van der Waals surface area contributed by atoms with Crippen LogP contribution in [0.2, 0.25) is 5.02 Å². The van der Waals surface area contributed by atoms with Crippen LogP contribution in [0.4, 0.5) is 10.1 Å². The van der Waals surface area contributed by atoms with E-state index in [1.54, 1.807) is 0 Å². The Balaban J connectivity index is 1.97. The fourth-order valence-corrected chi connectivity index (χ4v) is 2.57. The maximum atomic E-state index is 13.3. The molecule has 0 bridgehead atoms. The second-order valence-electron chi connectivity index (χ2n) is 4.61. The topological polar surface area (TPSA) is 21.3 Å². The maximum absolute atomic E-state index is 13.3. The molecule has 1 aliphatic heterocycles. The molecule has 1 N–H and O–H groups in total. The summed E-state index contributed by atoms with van der Waals surface area (Å²) >= 11 is 6.04. The molecule has 0 spiro atoms. The Morgan fingerprint density at radius 1 is 1.32 bits per heavy atom. The lowest BCUT2D eigenvalue weighted by molar-refractivity contribution is 0.209. The molecule has 1 unspecified atom stereocenters. The summed E-state index contributed by atoms with van der Waals surface area (Å²) in [6.07, 6.45) is -0.114. The third-order valence-electron chi connectivity index (χ3n) is 3.28. The largest absolute Gasteiger partial charge is 0.480 e. The lowest BCUT2D eigenvalue weighted by atomic mass is 10.0. The Kier molecular flexibility index (Phi) is 3.07. The Hall–Kier alpha value is -1.74. The van der Waals surface area contributed by atoms with Crippen molar-refractivity contribution in [3.8, 4) is 5.75 Å². The van der Waals surface area contributed by atoms with Gasteiger partial charge in [0.05, 0.1) is 17.3 Å². The highest BCUT2D eigenvalue weighted by atomic mass is 35.5. The number of halogens is 2.